The predicted molar refractivity (Wildman–Crippen MR) is 194 cm³/mol. The molecule has 3 rings (SSSR count). The lowest BCUT2D eigenvalue weighted by atomic mass is 9.91. The average molecular weight is 618 g/mol. The number of aromatic amines is 1. The van der Waals surface area contributed by atoms with Gasteiger partial charge in [-0.25, -0.2) is 9.98 Å². The highest BCUT2D eigenvalue weighted by Gasteiger charge is 2.22. The van der Waals surface area contributed by atoms with E-state index >= 15 is 0 Å². The number of hydrogen-bond acceptors (Lipinski definition) is 4. The van der Waals surface area contributed by atoms with E-state index in [4.69, 9.17) is 9.98 Å². The highest BCUT2D eigenvalue weighted by atomic mass is 16.1. The molecule has 0 aliphatic rings. The van der Waals surface area contributed by atoms with Crippen LogP contribution in [0.25, 0.3) is 11.2 Å². The van der Waals surface area contributed by atoms with Crippen LogP contribution in [0.2, 0.25) is 0 Å². The summed E-state index contributed by atoms with van der Waals surface area (Å²) < 4.78 is 1.68. The second kappa shape index (κ2) is 18.9. The summed E-state index contributed by atoms with van der Waals surface area (Å²) in [7, 11) is 0. The molecular weight excluding hydrogens is 554 g/mol. The quantitative estimate of drug-likeness (QED) is 0.128. The van der Waals surface area contributed by atoms with Gasteiger partial charge in [-0.2, -0.15) is 4.52 Å². The summed E-state index contributed by atoms with van der Waals surface area (Å²) in [5.41, 5.74) is 6.96. The Morgan fingerprint density at radius 1 is 0.889 bits per heavy atom. The summed E-state index contributed by atoms with van der Waals surface area (Å²) in [6.07, 6.45) is 18.0. The summed E-state index contributed by atoms with van der Waals surface area (Å²) in [6, 6.07) is 6.48. The first-order valence-corrected chi connectivity index (χ1v) is 18.4. The first kappa shape index (κ1) is 36.6. The molecule has 1 N–H and O–H groups in total. The Morgan fingerprint density at radius 2 is 1.51 bits per heavy atom. The normalized spacial score (nSPS) is 12.8. The van der Waals surface area contributed by atoms with Crippen LogP contribution >= 0.6 is 0 Å². The Labute approximate surface area is 273 Å². The van der Waals surface area contributed by atoms with Gasteiger partial charge >= 0.3 is 0 Å². The number of hydrogen-bond donors (Lipinski definition) is 1. The molecular formula is C39H63N5O. The van der Waals surface area contributed by atoms with Crippen molar-refractivity contribution in [1.82, 2.24) is 14.6 Å². The minimum absolute atomic E-state index is 0.0541. The molecule has 0 bridgehead atoms. The first-order valence-electron chi connectivity index (χ1n) is 18.4. The zero-order chi connectivity index (χ0) is 32.8. The first-order chi connectivity index (χ1) is 21.8. The number of anilines is 1. The van der Waals surface area contributed by atoms with E-state index in [-0.39, 0.29) is 11.5 Å². The maximum atomic E-state index is 14.3. The van der Waals surface area contributed by atoms with Crippen molar-refractivity contribution in [2.75, 3.05) is 18.0 Å². The highest BCUT2D eigenvalue weighted by molar-refractivity contribution is 5.58. The summed E-state index contributed by atoms with van der Waals surface area (Å²) in [4.78, 5) is 27.2. The van der Waals surface area contributed by atoms with E-state index in [1.54, 1.807) is 4.52 Å². The molecule has 1 atom stereocenters. The molecule has 3 aromatic rings. The van der Waals surface area contributed by atoms with E-state index in [1.165, 1.54) is 63.5 Å². The van der Waals surface area contributed by atoms with Gasteiger partial charge < -0.3 is 4.90 Å². The Morgan fingerprint density at radius 3 is 2.07 bits per heavy atom. The van der Waals surface area contributed by atoms with Crippen molar-refractivity contribution in [2.45, 2.75) is 158 Å². The van der Waals surface area contributed by atoms with E-state index in [2.05, 4.69) is 83.6 Å². The van der Waals surface area contributed by atoms with Crippen molar-refractivity contribution in [1.29, 1.82) is 0 Å². The zero-order valence-electron chi connectivity index (χ0n) is 30.0. The molecule has 0 saturated carbocycles. The maximum Gasteiger partial charge on any atom is 0.276 e. The van der Waals surface area contributed by atoms with Gasteiger partial charge in [-0.1, -0.05) is 91.4 Å². The van der Waals surface area contributed by atoms with Crippen molar-refractivity contribution >= 4 is 22.6 Å². The minimum Gasteiger partial charge on any atom is -0.372 e. The maximum absolute atomic E-state index is 14.3. The van der Waals surface area contributed by atoms with Crippen LogP contribution in [-0.4, -0.2) is 27.7 Å². The lowest BCUT2D eigenvalue weighted by molar-refractivity contribution is 0.540. The number of nitrogens with zero attached hydrogens (tertiary/aromatic N) is 4. The lowest BCUT2D eigenvalue weighted by Gasteiger charge is -2.21. The topological polar surface area (TPSA) is 65.8 Å². The van der Waals surface area contributed by atoms with E-state index in [0.29, 0.717) is 5.65 Å². The summed E-state index contributed by atoms with van der Waals surface area (Å²) in [5.74, 6) is 0.286. The number of unbranched alkanes of at least 4 members (excludes halogenated alkanes) is 10. The number of aromatic nitrogens is 3. The van der Waals surface area contributed by atoms with E-state index in [9.17, 15) is 4.79 Å². The summed E-state index contributed by atoms with van der Waals surface area (Å²) >= 11 is 0. The van der Waals surface area contributed by atoms with Gasteiger partial charge in [-0.05, 0) is 89.6 Å². The third-order valence-electron chi connectivity index (χ3n) is 9.49. The van der Waals surface area contributed by atoms with Crippen molar-refractivity contribution in [2.24, 2.45) is 4.99 Å². The second-order valence-electron chi connectivity index (χ2n) is 13.2. The van der Waals surface area contributed by atoms with Crippen LogP contribution in [-0.2, 0) is 6.42 Å². The minimum atomic E-state index is 0.0541. The smallest absolute Gasteiger partial charge is 0.276 e. The van der Waals surface area contributed by atoms with Gasteiger partial charge in [0.05, 0.1) is 16.7 Å². The van der Waals surface area contributed by atoms with E-state index in [0.717, 1.165) is 90.4 Å². The van der Waals surface area contributed by atoms with Crippen molar-refractivity contribution in [3.63, 3.8) is 0 Å². The van der Waals surface area contributed by atoms with Crippen LogP contribution in [0.4, 0.5) is 11.4 Å². The van der Waals surface area contributed by atoms with Crippen molar-refractivity contribution in [3.05, 3.63) is 56.1 Å². The lowest BCUT2D eigenvalue weighted by Crippen LogP contribution is -2.26. The molecule has 2 heterocycles. The van der Waals surface area contributed by atoms with Crippen LogP contribution in [0.15, 0.2) is 28.0 Å². The van der Waals surface area contributed by atoms with Gasteiger partial charge in [0, 0.05) is 30.3 Å². The SMILES string of the molecule is CCCCCCCCCCCCc1c(C(CC)CCCC)nc2c(=Nc3ccc(N(CC)CC)cc3C)c(=C(C)C)[nH]n2c1=O. The molecule has 45 heavy (non-hydrogen) atoms. The van der Waals surface area contributed by atoms with Crippen LogP contribution in [0, 0.1) is 6.92 Å². The van der Waals surface area contributed by atoms with Crippen LogP contribution < -0.4 is 21.2 Å². The fourth-order valence-corrected chi connectivity index (χ4v) is 6.58. The molecule has 0 saturated heterocycles. The summed E-state index contributed by atoms with van der Waals surface area (Å²) in [6.45, 7) is 19.3. The molecule has 0 aliphatic carbocycles. The number of benzene rings is 1. The van der Waals surface area contributed by atoms with Gasteiger partial charge in [-0.15, -0.1) is 0 Å². The van der Waals surface area contributed by atoms with Gasteiger partial charge in [0.25, 0.3) is 5.56 Å². The molecule has 0 spiro atoms. The standard InChI is InChI=1S/C39H63N5O/c1-9-14-16-17-18-19-20-21-22-23-25-33-36(31(11-3)24-15-10-2)41-38-37(35(29(6)7)42-44(38)39(33)45)40-34-27-26-32(28-30(34)8)43(12-4)13-5/h26-28,31,42H,9-25H2,1-8H3. The molecule has 0 amide bonds. The van der Waals surface area contributed by atoms with Crippen LogP contribution in [0.1, 0.15) is 161 Å². The van der Waals surface area contributed by atoms with Gasteiger partial charge in [0.2, 0.25) is 0 Å². The molecule has 0 fully saturated rings. The highest BCUT2D eigenvalue weighted by Crippen LogP contribution is 2.28. The van der Waals surface area contributed by atoms with E-state index in [1.807, 2.05) is 0 Å². The molecule has 0 aliphatic heterocycles. The van der Waals surface area contributed by atoms with Gasteiger partial charge in [0.1, 0.15) is 5.36 Å². The Bertz CT molecular complexity index is 1510. The zero-order valence-corrected chi connectivity index (χ0v) is 30.0. The number of rotatable bonds is 20. The molecule has 6 nitrogen and oxygen atoms in total. The van der Waals surface area contributed by atoms with Crippen molar-refractivity contribution < 1.29 is 0 Å². The number of nitrogens with one attached hydrogen (secondary N) is 1. The Balaban J connectivity index is 2.02. The number of fused-ring (bicyclic) bond motifs is 1. The fourth-order valence-electron chi connectivity index (χ4n) is 6.58. The largest absolute Gasteiger partial charge is 0.372 e. The van der Waals surface area contributed by atoms with Crippen LogP contribution in [0.5, 0.6) is 0 Å². The van der Waals surface area contributed by atoms with Crippen LogP contribution in [0.3, 0.4) is 0 Å². The van der Waals surface area contributed by atoms with E-state index < -0.39 is 0 Å². The Kier molecular flexibility index (Phi) is 15.4. The fraction of sp³-hybridized carbons (Fsp3) is 0.667. The number of H-pyrrole nitrogens is 1. The van der Waals surface area contributed by atoms with Gasteiger partial charge in [-0.3, -0.25) is 9.89 Å². The second-order valence-corrected chi connectivity index (χ2v) is 13.2. The molecule has 0 radical (unpaired) electrons. The third kappa shape index (κ3) is 9.80. The molecule has 250 valence electrons. The molecule has 2 aromatic heterocycles. The molecule has 1 aromatic carbocycles. The van der Waals surface area contributed by atoms with Crippen molar-refractivity contribution in [3.8, 4) is 0 Å². The Hall–Kier alpha value is -2.89. The average Bonchev–Trinajstić information content (AvgIpc) is 3.40. The van der Waals surface area contributed by atoms with Gasteiger partial charge in [0.15, 0.2) is 5.65 Å². The predicted octanol–water partition coefficient (Wildman–Crippen LogP) is 9.47. The summed E-state index contributed by atoms with van der Waals surface area (Å²) in [5, 5.41) is 5.08. The third-order valence-corrected chi connectivity index (χ3v) is 9.49. The monoisotopic (exact) mass is 618 g/mol. The number of aryl methyl sites for hydroxylation is 1. The molecule has 1 unspecified atom stereocenters. The molecule has 6 heteroatoms.